The van der Waals surface area contributed by atoms with Crippen molar-refractivity contribution < 1.29 is 19.4 Å². The summed E-state index contributed by atoms with van der Waals surface area (Å²) in [6.07, 6.45) is 14.6. The molecule has 1 amide bonds. The Balaban J connectivity index is 3.38. The van der Waals surface area contributed by atoms with Crippen LogP contribution in [-0.2, 0) is 14.3 Å². The summed E-state index contributed by atoms with van der Waals surface area (Å²) >= 11 is 0. The lowest BCUT2D eigenvalue weighted by Crippen LogP contribution is -2.26. The van der Waals surface area contributed by atoms with Gasteiger partial charge in [-0.1, -0.05) is 51.9 Å². The quantitative estimate of drug-likeness (QED) is 0.274. The van der Waals surface area contributed by atoms with Gasteiger partial charge in [0.1, 0.15) is 0 Å². The zero-order chi connectivity index (χ0) is 17.2. The van der Waals surface area contributed by atoms with Crippen molar-refractivity contribution in [3.8, 4) is 0 Å². The average molecular weight is 327 g/mol. The van der Waals surface area contributed by atoms with E-state index in [1.165, 1.54) is 51.2 Å². The molecule has 5 heteroatoms. The van der Waals surface area contributed by atoms with Crippen LogP contribution in [0.5, 0.6) is 0 Å². The molecule has 0 spiro atoms. The zero-order valence-electron chi connectivity index (χ0n) is 14.5. The standard InChI is InChI=1S/C18H33NO4/c1-2-3-4-5-6-7-8-9-10-11-16-23-18(22)13-12-17(21)19-14-15-20/h11,16,20H,2-10,12-15H2,1H3,(H,19,21). The van der Waals surface area contributed by atoms with E-state index >= 15 is 0 Å². The fourth-order valence-corrected chi connectivity index (χ4v) is 2.15. The minimum atomic E-state index is -0.406. The van der Waals surface area contributed by atoms with Crippen LogP contribution in [0, 0.1) is 0 Å². The summed E-state index contributed by atoms with van der Waals surface area (Å²) in [5, 5.41) is 11.0. The highest BCUT2D eigenvalue weighted by Crippen LogP contribution is 2.09. The van der Waals surface area contributed by atoms with Gasteiger partial charge < -0.3 is 15.2 Å². The van der Waals surface area contributed by atoms with Crippen LogP contribution >= 0.6 is 0 Å². The first-order valence-corrected chi connectivity index (χ1v) is 8.92. The molecular weight excluding hydrogens is 294 g/mol. The number of ether oxygens (including phenoxy) is 1. The van der Waals surface area contributed by atoms with Crippen LogP contribution in [0.4, 0.5) is 0 Å². The number of amides is 1. The molecule has 0 aromatic carbocycles. The average Bonchev–Trinajstić information content (AvgIpc) is 2.56. The molecule has 0 aliphatic heterocycles. The third-order valence-electron chi connectivity index (χ3n) is 3.51. The molecule has 134 valence electrons. The number of aliphatic hydroxyl groups is 1. The molecule has 0 radical (unpaired) electrons. The highest BCUT2D eigenvalue weighted by Gasteiger charge is 2.06. The Morgan fingerprint density at radius 1 is 1.00 bits per heavy atom. The lowest BCUT2D eigenvalue weighted by atomic mass is 10.1. The maximum atomic E-state index is 11.4. The minimum Gasteiger partial charge on any atom is -0.435 e. The molecule has 2 N–H and O–H groups in total. The van der Waals surface area contributed by atoms with E-state index < -0.39 is 5.97 Å². The van der Waals surface area contributed by atoms with Gasteiger partial charge in [-0.3, -0.25) is 9.59 Å². The van der Waals surface area contributed by atoms with Gasteiger partial charge in [0.25, 0.3) is 0 Å². The highest BCUT2D eigenvalue weighted by atomic mass is 16.5. The number of hydrogen-bond acceptors (Lipinski definition) is 4. The number of unbranched alkanes of at least 4 members (excludes halogenated alkanes) is 8. The molecule has 0 bridgehead atoms. The Hall–Kier alpha value is -1.36. The Kier molecular flexibility index (Phi) is 16.0. The van der Waals surface area contributed by atoms with Gasteiger partial charge in [0.05, 0.1) is 19.3 Å². The van der Waals surface area contributed by atoms with E-state index in [0.29, 0.717) is 0 Å². The third kappa shape index (κ3) is 16.8. The van der Waals surface area contributed by atoms with Gasteiger partial charge in [-0.25, -0.2) is 0 Å². The molecule has 5 nitrogen and oxygen atoms in total. The highest BCUT2D eigenvalue weighted by molar-refractivity contribution is 5.81. The van der Waals surface area contributed by atoms with E-state index in [2.05, 4.69) is 12.2 Å². The summed E-state index contributed by atoms with van der Waals surface area (Å²) in [4.78, 5) is 22.6. The number of rotatable bonds is 15. The van der Waals surface area contributed by atoms with Crippen molar-refractivity contribution in [3.63, 3.8) is 0 Å². The fraction of sp³-hybridized carbons (Fsp3) is 0.778. The predicted octanol–water partition coefficient (Wildman–Crippen LogP) is 3.46. The molecule has 0 fully saturated rings. The SMILES string of the molecule is CCCCCCCCCCC=COC(=O)CCC(=O)NCCO. The van der Waals surface area contributed by atoms with Crippen molar-refractivity contribution >= 4 is 11.9 Å². The number of aliphatic hydroxyl groups excluding tert-OH is 1. The number of esters is 1. The van der Waals surface area contributed by atoms with Gasteiger partial charge in [0.15, 0.2) is 0 Å². The number of nitrogens with one attached hydrogen (secondary N) is 1. The largest absolute Gasteiger partial charge is 0.435 e. The van der Waals surface area contributed by atoms with Crippen molar-refractivity contribution in [2.24, 2.45) is 0 Å². The first-order valence-electron chi connectivity index (χ1n) is 8.92. The summed E-state index contributed by atoms with van der Waals surface area (Å²) in [7, 11) is 0. The summed E-state index contributed by atoms with van der Waals surface area (Å²) in [5.41, 5.74) is 0. The van der Waals surface area contributed by atoms with Crippen molar-refractivity contribution in [3.05, 3.63) is 12.3 Å². The summed E-state index contributed by atoms with van der Waals surface area (Å²) in [6.45, 7) is 2.34. The Morgan fingerprint density at radius 2 is 1.65 bits per heavy atom. The third-order valence-corrected chi connectivity index (χ3v) is 3.51. The molecule has 0 heterocycles. The number of allylic oxidation sites excluding steroid dienone is 1. The number of carbonyl (C=O) groups is 2. The normalized spacial score (nSPS) is 10.9. The molecular formula is C18H33NO4. The van der Waals surface area contributed by atoms with Gasteiger partial charge in [-0.2, -0.15) is 0 Å². The second-order valence-electron chi connectivity index (χ2n) is 5.70. The molecule has 0 aromatic rings. The van der Waals surface area contributed by atoms with Gasteiger partial charge >= 0.3 is 5.97 Å². The van der Waals surface area contributed by atoms with Crippen LogP contribution in [0.15, 0.2) is 12.3 Å². The topological polar surface area (TPSA) is 75.6 Å². The van der Waals surface area contributed by atoms with Crippen LogP contribution in [0.3, 0.4) is 0 Å². The molecule has 0 unspecified atom stereocenters. The number of carbonyl (C=O) groups excluding carboxylic acids is 2. The van der Waals surface area contributed by atoms with E-state index in [4.69, 9.17) is 9.84 Å². The summed E-state index contributed by atoms with van der Waals surface area (Å²) in [5.74, 6) is -0.657. The summed E-state index contributed by atoms with van der Waals surface area (Å²) in [6, 6.07) is 0. The van der Waals surface area contributed by atoms with E-state index in [1.54, 1.807) is 0 Å². The molecule has 0 aliphatic rings. The van der Waals surface area contributed by atoms with Gasteiger partial charge in [0, 0.05) is 13.0 Å². The van der Waals surface area contributed by atoms with E-state index in [-0.39, 0.29) is 31.9 Å². The van der Waals surface area contributed by atoms with E-state index in [0.717, 1.165) is 12.8 Å². The van der Waals surface area contributed by atoms with E-state index in [1.807, 2.05) is 6.08 Å². The van der Waals surface area contributed by atoms with Crippen molar-refractivity contribution in [1.29, 1.82) is 0 Å². The molecule has 0 saturated heterocycles. The second-order valence-corrected chi connectivity index (χ2v) is 5.70. The Morgan fingerprint density at radius 3 is 2.30 bits per heavy atom. The first kappa shape index (κ1) is 21.6. The molecule has 0 rings (SSSR count). The van der Waals surface area contributed by atoms with Crippen LogP contribution in [-0.4, -0.2) is 30.1 Å². The van der Waals surface area contributed by atoms with Gasteiger partial charge in [-0.05, 0) is 18.9 Å². The van der Waals surface area contributed by atoms with Crippen LogP contribution in [0.2, 0.25) is 0 Å². The van der Waals surface area contributed by atoms with Crippen molar-refractivity contribution in [2.75, 3.05) is 13.2 Å². The maximum absolute atomic E-state index is 11.4. The lowest BCUT2D eigenvalue weighted by molar-refractivity contribution is -0.139. The first-order chi connectivity index (χ1) is 11.2. The monoisotopic (exact) mass is 327 g/mol. The van der Waals surface area contributed by atoms with Crippen molar-refractivity contribution in [1.82, 2.24) is 5.32 Å². The molecule has 0 atom stereocenters. The predicted molar refractivity (Wildman–Crippen MR) is 91.8 cm³/mol. The van der Waals surface area contributed by atoms with Crippen LogP contribution in [0.1, 0.15) is 77.6 Å². The van der Waals surface area contributed by atoms with Crippen molar-refractivity contribution in [2.45, 2.75) is 77.6 Å². The van der Waals surface area contributed by atoms with Gasteiger partial charge in [0.2, 0.25) is 5.91 Å². The minimum absolute atomic E-state index is 0.0549. The lowest BCUT2D eigenvalue weighted by Gasteiger charge is -2.02. The Labute approximate surface area is 140 Å². The van der Waals surface area contributed by atoms with Gasteiger partial charge in [-0.15, -0.1) is 0 Å². The zero-order valence-corrected chi connectivity index (χ0v) is 14.5. The maximum Gasteiger partial charge on any atom is 0.311 e. The smallest absolute Gasteiger partial charge is 0.311 e. The second kappa shape index (κ2) is 17.0. The Bertz CT molecular complexity index is 329. The number of hydrogen-bond donors (Lipinski definition) is 2. The van der Waals surface area contributed by atoms with Crippen LogP contribution < -0.4 is 5.32 Å². The summed E-state index contributed by atoms with van der Waals surface area (Å²) < 4.78 is 4.92. The fourth-order valence-electron chi connectivity index (χ4n) is 2.15. The van der Waals surface area contributed by atoms with Crippen LogP contribution in [0.25, 0.3) is 0 Å². The van der Waals surface area contributed by atoms with E-state index in [9.17, 15) is 9.59 Å². The molecule has 0 aliphatic carbocycles. The molecule has 23 heavy (non-hydrogen) atoms. The molecule has 0 aromatic heterocycles. The molecule has 0 saturated carbocycles.